The maximum Gasteiger partial charge on any atom is 0.0984 e. The highest BCUT2D eigenvalue weighted by atomic mass is 28.3. The SMILES string of the molecule is CCCC[Si](c1ccccc1)C1c2ccccc2-c2ccccc21. The third-order valence-electron chi connectivity index (χ3n) is 5.13. The molecule has 0 amide bonds. The van der Waals surface area contributed by atoms with E-state index in [4.69, 9.17) is 0 Å². The Labute approximate surface area is 146 Å². The molecular weight excluding hydrogens is 304 g/mol. The predicted octanol–water partition coefficient (Wildman–Crippen LogP) is 5.54. The van der Waals surface area contributed by atoms with Crippen molar-refractivity contribution in [3.8, 4) is 11.1 Å². The molecule has 0 N–H and O–H groups in total. The monoisotopic (exact) mass is 327 g/mol. The summed E-state index contributed by atoms with van der Waals surface area (Å²) in [7, 11) is -0.686. The fourth-order valence-corrected chi connectivity index (χ4v) is 7.53. The molecule has 0 saturated heterocycles. The lowest BCUT2D eigenvalue weighted by Gasteiger charge is -2.24. The summed E-state index contributed by atoms with van der Waals surface area (Å²) in [5.74, 6) is 0. The minimum atomic E-state index is -0.686. The molecule has 0 fully saturated rings. The summed E-state index contributed by atoms with van der Waals surface area (Å²) in [5.41, 5.74) is 6.58. The van der Waals surface area contributed by atoms with Crippen LogP contribution in [0.2, 0.25) is 6.04 Å². The normalized spacial score (nSPS) is 13.1. The van der Waals surface area contributed by atoms with Crippen molar-refractivity contribution in [1.82, 2.24) is 0 Å². The molecule has 0 aromatic heterocycles. The molecule has 0 unspecified atom stereocenters. The predicted molar refractivity (Wildman–Crippen MR) is 105 cm³/mol. The van der Waals surface area contributed by atoms with Crippen molar-refractivity contribution >= 4 is 14.0 Å². The first kappa shape index (κ1) is 15.4. The summed E-state index contributed by atoms with van der Waals surface area (Å²) in [4.78, 5) is 0. The van der Waals surface area contributed by atoms with E-state index in [1.807, 2.05) is 0 Å². The molecule has 3 aromatic rings. The van der Waals surface area contributed by atoms with E-state index in [0.717, 1.165) is 0 Å². The zero-order valence-electron chi connectivity index (χ0n) is 14.2. The standard InChI is InChI=1S/C23H23Si/c1-2-3-17-24(18-11-5-4-6-12-18)23-21-15-9-7-13-19(21)20-14-8-10-16-22(20)23/h4-16,23H,2-3,17H2,1H3. The molecule has 4 rings (SSSR count). The van der Waals surface area contributed by atoms with Crippen LogP contribution in [0.3, 0.4) is 0 Å². The molecule has 3 aromatic carbocycles. The van der Waals surface area contributed by atoms with Crippen molar-refractivity contribution in [3.05, 3.63) is 90.0 Å². The quantitative estimate of drug-likeness (QED) is 0.540. The van der Waals surface area contributed by atoms with Crippen LogP contribution in [0.5, 0.6) is 0 Å². The minimum absolute atomic E-state index is 0.580. The number of fused-ring (bicyclic) bond motifs is 3. The number of rotatable bonds is 5. The lowest BCUT2D eigenvalue weighted by Crippen LogP contribution is -2.36. The van der Waals surface area contributed by atoms with Crippen LogP contribution in [-0.2, 0) is 0 Å². The van der Waals surface area contributed by atoms with Gasteiger partial charge in [0.1, 0.15) is 0 Å². The van der Waals surface area contributed by atoms with Gasteiger partial charge in [-0.25, -0.2) is 0 Å². The van der Waals surface area contributed by atoms with Crippen molar-refractivity contribution < 1.29 is 0 Å². The summed E-state index contributed by atoms with van der Waals surface area (Å²) >= 11 is 0. The van der Waals surface area contributed by atoms with Crippen LogP contribution in [0.4, 0.5) is 0 Å². The number of hydrogen-bond donors (Lipinski definition) is 0. The maximum absolute atomic E-state index is 2.36. The van der Waals surface area contributed by atoms with Gasteiger partial charge in [-0.2, -0.15) is 0 Å². The van der Waals surface area contributed by atoms with Gasteiger partial charge in [0.05, 0.1) is 8.80 Å². The van der Waals surface area contributed by atoms with Crippen LogP contribution in [0.25, 0.3) is 11.1 Å². The van der Waals surface area contributed by atoms with Crippen LogP contribution >= 0.6 is 0 Å². The molecule has 24 heavy (non-hydrogen) atoms. The molecule has 0 heterocycles. The van der Waals surface area contributed by atoms with Crippen LogP contribution in [0, 0.1) is 0 Å². The molecule has 0 bridgehead atoms. The Bertz CT molecular complexity index is 777. The maximum atomic E-state index is 2.36. The average Bonchev–Trinajstić information content (AvgIpc) is 2.98. The van der Waals surface area contributed by atoms with Gasteiger partial charge in [0.25, 0.3) is 0 Å². The lowest BCUT2D eigenvalue weighted by atomic mass is 10.1. The highest BCUT2D eigenvalue weighted by Gasteiger charge is 2.35. The Hall–Kier alpha value is -2.12. The number of unbranched alkanes of at least 4 members (excludes halogenated alkanes) is 1. The highest BCUT2D eigenvalue weighted by Crippen LogP contribution is 2.46. The highest BCUT2D eigenvalue weighted by molar-refractivity contribution is 6.75. The summed E-state index contributed by atoms with van der Waals surface area (Å²) in [6.45, 7) is 2.31. The first-order valence-corrected chi connectivity index (χ1v) is 10.8. The van der Waals surface area contributed by atoms with Gasteiger partial charge < -0.3 is 0 Å². The van der Waals surface area contributed by atoms with Gasteiger partial charge in [0.2, 0.25) is 0 Å². The molecular formula is C23H23Si. The second kappa shape index (κ2) is 6.78. The fraction of sp³-hybridized carbons (Fsp3) is 0.217. The number of hydrogen-bond acceptors (Lipinski definition) is 0. The molecule has 1 heteroatoms. The molecule has 0 nitrogen and oxygen atoms in total. The minimum Gasteiger partial charge on any atom is -0.0654 e. The van der Waals surface area contributed by atoms with Crippen molar-refractivity contribution in [1.29, 1.82) is 0 Å². The zero-order chi connectivity index (χ0) is 16.4. The molecule has 1 aliphatic carbocycles. The molecule has 0 atom stereocenters. The van der Waals surface area contributed by atoms with Gasteiger partial charge in [-0.05, 0) is 22.3 Å². The van der Waals surface area contributed by atoms with Gasteiger partial charge in [-0.1, -0.05) is 110 Å². The number of benzene rings is 3. The van der Waals surface area contributed by atoms with Crippen molar-refractivity contribution in [2.45, 2.75) is 31.4 Å². The van der Waals surface area contributed by atoms with Gasteiger partial charge in [-0.15, -0.1) is 0 Å². The lowest BCUT2D eigenvalue weighted by molar-refractivity contribution is 0.868. The van der Waals surface area contributed by atoms with E-state index in [-0.39, 0.29) is 0 Å². The fourth-order valence-electron chi connectivity index (χ4n) is 4.01. The Morgan fingerprint density at radius 2 is 1.25 bits per heavy atom. The van der Waals surface area contributed by atoms with E-state index in [9.17, 15) is 0 Å². The third kappa shape index (κ3) is 2.63. The van der Waals surface area contributed by atoms with Crippen molar-refractivity contribution in [2.24, 2.45) is 0 Å². The van der Waals surface area contributed by atoms with Gasteiger partial charge in [0, 0.05) is 5.54 Å². The average molecular weight is 328 g/mol. The van der Waals surface area contributed by atoms with Crippen LogP contribution < -0.4 is 5.19 Å². The van der Waals surface area contributed by atoms with Gasteiger partial charge in [-0.3, -0.25) is 0 Å². The molecule has 0 saturated carbocycles. The van der Waals surface area contributed by atoms with Crippen LogP contribution in [-0.4, -0.2) is 8.80 Å². The van der Waals surface area contributed by atoms with Crippen molar-refractivity contribution in [2.75, 3.05) is 0 Å². The molecule has 0 aliphatic heterocycles. The van der Waals surface area contributed by atoms with Crippen LogP contribution in [0.15, 0.2) is 78.9 Å². The van der Waals surface area contributed by atoms with E-state index < -0.39 is 8.80 Å². The first-order valence-electron chi connectivity index (χ1n) is 8.99. The molecule has 0 spiro atoms. The summed E-state index contributed by atoms with van der Waals surface area (Å²) in [6.07, 6.45) is 2.60. The van der Waals surface area contributed by atoms with Crippen LogP contribution in [0.1, 0.15) is 36.4 Å². The summed E-state index contributed by atoms with van der Waals surface area (Å²) in [5, 5.41) is 1.58. The Kier molecular flexibility index (Phi) is 4.35. The molecule has 1 aliphatic rings. The molecule has 119 valence electrons. The zero-order valence-corrected chi connectivity index (χ0v) is 15.2. The molecule has 1 radical (unpaired) electrons. The summed E-state index contributed by atoms with van der Waals surface area (Å²) in [6, 6.07) is 30.7. The van der Waals surface area contributed by atoms with E-state index in [2.05, 4.69) is 85.8 Å². The third-order valence-corrected chi connectivity index (χ3v) is 8.41. The van der Waals surface area contributed by atoms with E-state index in [1.54, 1.807) is 16.3 Å². The van der Waals surface area contributed by atoms with E-state index >= 15 is 0 Å². The smallest absolute Gasteiger partial charge is 0.0654 e. The Morgan fingerprint density at radius 1 is 0.708 bits per heavy atom. The Balaban J connectivity index is 1.86. The van der Waals surface area contributed by atoms with E-state index in [0.29, 0.717) is 5.54 Å². The largest absolute Gasteiger partial charge is 0.0984 e. The first-order chi connectivity index (χ1) is 11.9. The second-order valence-electron chi connectivity index (χ2n) is 6.60. The topological polar surface area (TPSA) is 0 Å². The summed E-state index contributed by atoms with van der Waals surface area (Å²) < 4.78 is 0. The van der Waals surface area contributed by atoms with Gasteiger partial charge in [0.15, 0.2) is 0 Å². The van der Waals surface area contributed by atoms with E-state index in [1.165, 1.54) is 30.0 Å². The second-order valence-corrected chi connectivity index (χ2v) is 9.31. The Morgan fingerprint density at radius 3 is 1.83 bits per heavy atom. The van der Waals surface area contributed by atoms with Crippen molar-refractivity contribution in [3.63, 3.8) is 0 Å². The van der Waals surface area contributed by atoms with Gasteiger partial charge >= 0.3 is 0 Å².